The summed E-state index contributed by atoms with van der Waals surface area (Å²) in [6.45, 7) is 1.55. The lowest BCUT2D eigenvalue weighted by Gasteiger charge is -2.39. The summed E-state index contributed by atoms with van der Waals surface area (Å²) in [5, 5.41) is 3.92. The van der Waals surface area contributed by atoms with E-state index in [0.29, 0.717) is 43.4 Å². The molecule has 0 aliphatic carbocycles. The topological polar surface area (TPSA) is 86.3 Å². The lowest BCUT2D eigenvalue weighted by atomic mass is 9.76. The first-order chi connectivity index (χ1) is 36.4. The first-order valence-corrected chi connectivity index (χ1v) is 25.0. The maximum absolute atomic E-state index is 14.8. The first kappa shape index (κ1) is 50.4. The van der Waals surface area contributed by atoms with E-state index < -0.39 is 23.6 Å². The van der Waals surface area contributed by atoms with Crippen LogP contribution in [-0.2, 0) is 63.7 Å². The summed E-state index contributed by atoms with van der Waals surface area (Å²) in [5.74, 6) is 0.878. The van der Waals surface area contributed by atoms with Crippen LogP contribution < -0.4 is 14.8 Å². The van der Waals surface area contributed by atoms with Gasteiger partial charge in [0.2, 0.25) is 0 Å². The number of carbonyl (C=O) groups excluding carboxylic acids is 2. The van der Waals surface area contributed by atoms with Crippen LogP contribution in [-0.4, -0.2) is 36.0 Å². The Bertz CT molecular complexity index is 2990. The third-order valence-electron chi connectivity index (χ3n) is 13.2. The maximum atomic E-state index is 14.8. The number of methoxy groups -OCH3 is 1. The molecule has 0 heterocycles. The highest BCUT2D eigenvalue weighted by molar-refractivity contribution is 5.77. The molecule has 0 aliphatic heterocycles. The van der Waals surface area contributed by atoms with Gasteiger partial charge in [-0.2, -0.15) is 0 Å². The van der Waals surface area contributed by atoms with Gasteiger partial charge in [-0.25, -0.2) is 0 Å². The molecule has 9 aromatic carbocycles. The van der Waals surface area contributed by atoms with E-state index in [2.05, 4.69) is 70.9 Å². The standard InChI is InChI=1S/C66H60N2O6/c1-71-65(70)61(68(46-51-23-9-2-10-24-51)47-52-25-11-3-12-26-52)44-50-37-40-59(41-38-50)74-63-45-55(39-42-62(63)72-48-53-27-13-4-14-28-53)43-60(64(69)73-49-54-29-15-5-16-30-54)67-66(56-31-17-6-18-32-56,57-33-19-7-20-34-57)58-35-21-8-22-36-58/h2-42,45,60-61,67H,43-44,46-49H2,1H3/t60-,61-/m0/s1. The predicted molar refractivity (Wildman–Crippen MR) is 291 cm³/mol. The molecule has 0 bridgehead atoms. The predicted octanol–water partition coefficient (Wildman–Crippen LogP) is 13.1. The highest BCUT2D eigenvalue weighted by Crippen LogP contribution is 2.39. The minimum atomic E-state index is -0.965. The molecule has 0 saturated carbocycles. The smallest absolute Gasteiger partial charge is 0.323 e. The molecule has 8 nitrogen and oxygen atoms in total. The van der Waals surface area contributed by atoms with Crippen LogP contribution in [0.2, 0.25) is 0 Å². The molecule has 0 saturated heterocycles. The highest BCUT2D eigenvalue weighted by Gasteiger charge is 2.40. The monoisotopic (exact) mass is 976 g/mol. The van der Waals surface area contributed by atoms with Crippen molar-refractivity contribution in [2.45, 2.75) is 56.8 Å². The molecule has 2 atom stereocenters. The Morgan fingerprint density at radius 1 is 0.446 bits per heavy atom. The summed E-state index contributed by atoms with van der Waals surface area (Å²) < 4.78 is 24.9. The number of esters is 2. The number of hydrogen-bond acceptors (Lipinski definition) is 8. The molecule has 1 N–H and O–H groups in total. The number of ether oxygens (including phenoxy) is 4. The minimum Gasteiger partial charge on any atom is -0.485 e. The van der Waals surface area contributed by atoms with Crippen LogP contribution in [0, 0.1) is 0 Å². The van der Waals surface area contributed by atoms with E-state index in [-0.39, 0.29) is 19.0 Å². The van der Waals surface area contributed by atoms with Gasteiger partial charge in [0.15, 0.2) is 11.5 Å². The zero-order valence-corrected chi connectivity index (χ0v) is 41.5. The van der Waals surface area contributed by atoms with Gasteiger partial charge in [0, 0.05) is 13.1 Å². The zero-order chi connectivity index (χ0) is 50.8. The Hall–Kier alpha value is -8.56. The fraction of sp³-hybridized carbons (Fsp3) is 0.152. The van der Waals surface area contributed by atoms with Crippen LogP contribution in [0.3, 0.4) is 0 Å². The lowest BCUT2D eigenvalue weighted by molar-refractivity contribution is -0.148. The van der Waals surface area contributed by atoms with Gasteiger partial charge in [0.25, 0.3) is 0 Å². The average molecular weight is 977 g/mol. The summed E-state index contributed by atoms with van der Waals surface area (Å²) in [5.41, 5.74) is 7.78. The number of benzene rings is 9. The van der Waals surface area contributed by atoms with Crippen molar-refractivity contribution in [2.75, 3.05) is 7.11 Å². The summed E-state index contributed by atoms with van der Waals surface area (Å²) in [6, 6.07) is 83.0. The zero-order valence-electron chi connectivity index (χ0n) is 41.5. The van der Waals surface area contributed by atoms with Crippen LogP contribution >= 0.6 is 0 Å². The lowest BCUT2D eigenvalue weighted by Crippen LogP contribution is -2.53. The fourth-order valence-corrected chi connectivity index (χ4v) is 9.40. The molecule has 0 amide bonds. The third-order valence-corrected chi connectivity index (χ3v) is 13.2. The van der Waals surface area contributed by atoms with Crippen molar-refractivity contribution in [3.05, 3.63) is 305 Å². The van der Waals surface area contributed by atoms with Crippen LogP contribution in [0.25, 0.3) is 0 Å². The van der Waals surface area contributed by atoms with Crippen LogP contribution in [0.4, 0.5) is 0 Å². The molecule has 370 valence electrons. The molecule has 0 spiro atoms. The van der Waals surface area contributed by atoms with Gasteiger partial charge in [0.05, 0.1) is 12.6 Å². The average Bonchev–Trinajstić information content (AvgIpc) is 3.46. The Kier molecular flexibility index (Phi) is 17.2. The van der Waals surface area contributed by atoms with E-state index >= 15 is 0 Å². The maximum Gasteiger partial charge on any atom is 0.323 e. The minimum absolute atomic E-state index is 0.113. The van der Waals surface area contributed by atoms with Crippen molar-refractivity contribution in [1.82, 2.24) is 10.2 Å². The van der Waals surface area contributed by atoms with Gasteiger partial charge < -0.3 is 18.9 Å². The second-order valence-corrected chi connectivity index (χ2v) is 18.3. The molecule has 9 aromatic rings. The molecule has 8 heteroatoms. The van der Waals surface area contributed by atoms with E-state index in [1.807, 2.05) is 194 Å². The van der Waals surface area contributed by atoms with Gasteiger partial charge in [-0.05, 0) is 87.2 Å². The summed E-state index contributed by atoms with van der Waals surface area (Å²) in [7, 11) is 1.44. The second kappa shape index (κ2) is 25.2. The summed E-state index contributed by atoms with van der Waals surface area (Å²) >= 11 is 0. The van der Waals surface area contributed by atoms with Crippen LogP contribution in [0.5, 0.6) is 17.2 Å². The van der Waals surface area contributed by atoms with Crippen LogP contribution in [0.15, 0.2) is 255 Å². The third kappa shape index (κ3) is 13.1. The van der Waals surface area contributed by atoms with E-state index in [0.717, 1.165) is 50.1 Å². The molecular weight excluding hydrogens is 917 g/mol. The number of nitrogens with zero attached hydrogens (tertiary/aromatic N) is 1. The quantitative estimate of drug-likeness (QED) is 0.0501. The van der Waals surface area contributed by atoms with Crippen molar-refractivity contribution < 1.29 is 28.5 Å². The van der Waals surface area contributed by atoms with Crippen molar-refractivity contribution in [1.29, 1.82) is 0 Å². The van der Waals surface area contributed by atoms with Gasteiger partial charge >= 0.3 is 11.9 Å². The number of carbonyl (C=O) groups is 2. The second-order valence-electron chi connectivity index (χ2n) is 18.3. The van der Waals surface area contributed by atoms with Gasteiger partial charge in [-0.3, -0.25) is 19.8 Å². The van der Waals surface area contributed by atoms with E-state index in [1.54, 1.807) is 0 Å². The molecule has 0 radical (unpaired) electrons. The Balaban J connectivity index is 1.04. The molecule has 0 unspecified atom stereocenters. The van der Waals surface area contributed by atoms with E-state index in [1.165, 1.54) is 7.11 Å². The van der Waals surface area contributed by atoms with Gasteiger partial charge in [-0.15, -0.1) is 0 Å². The normalized spacial score (nSPS) is 12.1. The Morgan fingerprint density at radius 3 is 1.35 bits per heavy atom. The molecule has 9 rings (SSSR count). The molecule has 0 aliphatic rings. The molecule has 0 fully saturated rings. The van der Waals surface area contributed by atoms with Gasteiger partial charge in [-0.1, -0.05) is 231 Å². The van der Waals surface area contributed by atoms with Crippen molar-refractivity contribution >= 4 is 11.9 Å². The fourth-order valence-electron chi connectivity index (χ4n) is 9.40. The SMILES string of the molecule is COC(=O)[C@H](Cc1ccc(Oc2cc(C[C@H](NC(c3ccccc3)(c3ccccc3)c3ccccc3)C(=O)OCc3ccccc3)ccc2OCc2ccccc2)cc1)N(Cc1ccccc1)Cc1ccccc1. The summed E-state index contributed by atoms with van der Waals surface area (Å²) in [6.07, 6.45) is 0.659. The van der Waals surface area contributed by atoms with Crippen molar-refractivity contribution in [3.8, 4) is 17.2 Å². The van der Waals surface area contributed by atoms with Crippen LogP contribution in [0.1, 0.15) is 50.1 Å². The van der Waals surface area contributed by atoms with E-state index in [4.69, 9.17) is 18.9 Å². The van der Waals surface area contributed by atoms with Gasteiger partial charge in [0.1, 0.15) is 31.0 Å². The highest BCUT2D eigenvalue weighted by atomic mass is 16.5. The molecule has 0 aromatic heterocycles. The number of rotatable bonds is 23. The van der Waals surface area contributed by atoms with Crippen molar-refractivity contribution in [2.24, 2.45) is 0 Å². The number of nitrogens with one attached hydrogen (secondary N) is 1. The largest absolute Gasteiger partial charge is 0.485 e. The van der Waals surface area contributed by atoms with E-state index in [9.17, 15) is 9.59 Å². The summed E-state index contributed by atoms with van der Waals surface area (Å²) in [4.78, 5) is 30.6. The Labute approximate surface area is 434 Å². The van der Waals surface area contributed by atoms with Crippen molar-refractivity contribution in [3.63, 3.8) is 0 Å². The first-order valence-electron chi connectivity index (χ1n) is 25.0. The molecule has 74 heavy (non-hydrogen) atoms. The Morgan fingerprint density at radius 2 is 0.878 bits per heavy atom. The molecular formula is C66H60N2O6. The number of hydrogen-bond donors (Lipinski definition) is 1.